The lowest BCUT2D eigenvalue weighted by Crippen LogP contribution is -2.20. The Labute approximate surface area is 160 Å². The molecule has 0 amide bonds. The van der Waals surface area contributed by atoms with Crippen LogP contribution in [0.2, 0.25) is 0 Å². The number of benzene rings is 2. The Morgan fingerprint density at radius 2 is 1.82 bits per heavy atom. The highest BCUT2D eigenvalue weighted by Gasteiger charge is 2.26. The number of para-hydroxylation sites is 1. The third-order valence-corrected chi connectivity index (χ3v) is 5.48. The number of anilines is 1. The minimum atomic E-state index is -4.22. The van der Waals surface area contributed by atoms with Gasteiger partial charge in [0.15, 0.2) is 11.5 Å². The van der Waals surface area contributed by atoms with Gasteiger partial charge in [-0.2, -0.15) is 0 Å². The van der Waals surface area contributed by atoms with Crippen molar-refractivity contribution < 1.29 is 26.7 Å². The molecule has 1 aliphatic heterocycles. The molecule has 5 nitrogen and oxygen atoms in total. The predicted octanol–water partition coefficient (Wildman–Crippen LogP) is 3.80. The number of rotatable bonds is 4. The molecule has 0 saturated heterocycles. The van der Waals surface area contributed by atoms with E-state index in [1.54, 1.807) is 12.1 Å². The number of ether oxygens (including phenoxy) is 2. The van der Waals surface area contributed by atoms with Crippen LogP contribution in [0.15, 0.2) is 53.4 Å². The first kappa shape index (κ1) is 18.1. The topological polar surface area (TPSA) is 64.6 Å². The summed E-state index contributed by atoms with van der Waals surface area (Å²) in [6, 6.07) is 16.0. The second-order valence-electron chi connectivity index (χ2n) is 5.92. The Hall–Kier alpha value is -3.31. The molecule has 1 heterocycles. The fraction of sp³-hybridized carbons (Fsp3) is 0.100. The molecule has 0 bridgehead atoms. The smallest absolute Gasteiger partial charge is 0.265 e. The minimum Gasteiger partial charge on any atom is -0.486 e. The zero-order valence-electron chi connectivity index (χ0n) is 14.3. The van der Waals surface area contributed by atoms with Crippen molar-refractivity contribution in [3.05, 3.63) is 72.3 Å². The van der Waals surface area contributed by atoms with Crippen LogP contribution in [0.3, 0.4) is 0 Å². The fourth-order valence-electron chi connectivity index (χ4n) is 2.82. The molecule has 8 heteroatoms. The first-order valence-electron chi connectivity index (χ1n) is 8.24. The molecule has 28 heavy (non-hydrogen) atoms. The van der Waals surface area contributed by atoms with E-state index in [-0.39, 0.29) is 28.6 Å². The van der Waals surface area contributed by atoms with Crippen LogP contribution in [0.5, 0.6) is 11.5 Å². The molecule has 4 rings (SSSR count). The van der Waals surface area contributed by atoms with E-state index in [0.717, 1.165) is 6.07 Å². The van der Waals surface area contributed by atoms with E-state index >= 15 is 0 Å². The van der Waals surface area contributed by atoms with Crippen LogP contribution in [0.1, 0.15) is 0 Å². The van der Waals surface area contributed by atoms with Crippen LogP contribution < -0.4 is 14.2 Å². The monoisotopic (exact) mass is 401 g/mol. The van der Waals surface area contributed by atoms with Crippen molar-refractivity contribution in [3.8, 4) is 22.6 Å². The Bertz CT molecular complexity index is 1130. The van der Waals surface area contributed by atoms with Crippen LogP contribution in [0.4, 0.5) is 14.5 Å². The summed E-state index contributed by atoms with van der Waals surface area (Å²) in [6.07, 6.45) is 0. The lowest BCUT2D eigenvalue weighted by molar-refractivity contribution is 0.167. The molecule has 0 fully saturated rings. The standard InChI is InChI=1S/C20H13F2NO4S/c21-15-12-16(22)17(11-14(15)13-5-2-1-3-6-13)23-28(24,25)19-8-4-7-18-20(19)27-10-9-26-18/h2,4-8,11-12,23H,9-10H2. The van der Waals surface area contributed by atoms with Crippen molar-refractivity contribution in [1.82, 2.24) is 0 Å². The molecule has 0 saturated carbocycles. The van der Waals surface area contributed by atoms with Crippen molar-refractivity contribution in [2.75, 3.05) is 17.9 Å². The van der Waals surface area contributed by atoms with Gasteiger partial charge in [-0.25, -0.2) is 17.2 Å². The summed E-state index contributed by atoms with van der Waals surface area (Å²) >= 11 is 0. The van der Waals surface area contributed by atoms with Crippen molar-refractivity contribution in [2.24, 2.45) is 0 Å². The maximum atomic E-state index is 14.3. The molecular formula is C20H13F2NO4S. The maximum absolute atomic E-state index is 14.3. The van der Waals surface area contributed by atoms with Crippen LogP contribution in [-0.2, 0) is 10.0 Å². The summed E-state index contributed by atoms with van der Waals surface area (Å²) in [5.74, 6) is -1.53. The Kier molecular flexibility index (Phi) is 4.53. The number of hydrogen-bond acceptors (Lipinski definition) is 4. The molecule has 0 atom stereocenters. The fourth-order valence-corrected chi connectivity index (χ4v) is 4.04. The van der Waals surface area contributed by atoms with Crippen LogP contribution in [0.25, 0.3) is 11.1 Å². The van der Waals surface area contributed by atoms with Crippen molar-refractivity contribution in [1.29, 1.82) is 0 Å². The van der Waals surface area contributed by atoms with E-state index in [2.05, 4.69) is 16.9 Å². The number of nitrogens with one attached hydrogen (secondary N) is 1. The van der Waals surface area contributed by atoms with Gasteiger partial charge in [-0.05, 0) is 42.0 Å². The quantitative estimate of drug-likeness (QED) is 0.722. The SMILES string of the molecule is O=S(=O)(Nc1cc(-c2cc#ccc2)c(F)cc1F)c1cccc2c1OCCO2. The summed E-state index contributed by atoms with van der Waals surface area (Å²) < 4.78 is 67.2. The zero-order valence-corrected chi connectivity index (χ0v) is 15.1. The first-order chi connectivity index (χ1) is 13.5. The Morgan fingerprint density at radius 1 is 1.00 bits per heavy atom. The molecule has 142 valence electrons. The summed E-state index contributed by atoms with van der Waals surface area (Å²) in [6.45, 7) is 0.488. The van der Waals surface area contributed by atoms with Gasteiger partial charge in [-0.3, -0.25) is 4.72 Å². The van der Waals surface area contributed by atoms with Gasteiger partial charge in [-0.15, -0.1) is 0 Å². The summed E-state index contributed by atoms with van der Waals surface area (Å²) in [5.41, 5.74) is 0.0445. The lowest BCUT2D eigenvalue weighted by Gasteiger charge is -2.21. The molecule has 1 N–H and O–H groups in total. The molecule has 0 unspecified atom stereocenters. The van der Waals surface area contributed by atoms with Gasteiger partial charge >= 0.3 is 0 Å². The summed E-state index contributed by atoms with van der Waals surface area (Å²) in [4.78, 5) is -0.197. The van der Waals surface area contributed by atoms with Crippen molar-refractivity contribution in [2.45, 2.75) is 4.90 Å². The Morgan fingerprint density at radius 3 is 2.61 bits per heavy atom. The normalized spacial score (nSPS) is 12.9. The number of sulfonamides is 1. The number of halogens is 2. The Balaban J connectivity index is 1.75. The second kappa shape index (κ2) is 7.02. The maximum Gasteiger partial charge on any atom is 0.265 e. The zero-order chi connectivity index (χ0) is 19.7. The van der Waals surface area contributed by atoms with Crippen molar-refractivity contribution >= 4 is 15.7 Å². The highest BCUT2D eigenvalue weighted by Crippen LogP contribution is 2.37. The third kappa shape index (κ3) is 3.32. The van der Waals surface area contributed by atoms with E-state index in [9.17, 15) is 17.2 Å². The van der Waals surface area contributed by atoms with Gasteiger partial charge in [0.25, 0.3) is 10.0 Å². The van der Waals surface area contributed by atoms with Gasteiger partial charge in [0.1, 0.15) is 29.7 Å². The summed E-state index contributed by atoms with van der Waals surface area (Å²) in [7, 11) is -4.22. The van der Waals surface area contributed by atoms with Crippen LogP contribution >= 0.6 is 0 Å². The van der Waals surface area contributed by atoms with E-state index in [1.807, 2.05) is 0 Å². The third-order valence-electron chi connectivity index (χ3n) is 4.09. The molecule has 0 aromatic heterocycles. The largest absolute Gasteiger partial charge is 0.486 e. The van der Waals surface area contributed by atoms with Crippen molar-refractivity contribution in [3.63, 3.8) is 0 Å². The van der Waals surface area contributed by atoms with Gasteiger partial charge < -0.3 is 9.47 Å². The highest BCUT2D eigenvalue weighted by molar-refractivity contribution is 7.92. The average molecular weight is 401 g/mol. The average Bonchev–Trinajstić information content (AvgIpc) is 2.70. The highest BCUT2D eigenvalue weighted by atomic mass is 32.2. The second-order valence-corrected chi connectivity index (χ2v) is 7.57. The van der Waals surface area contributed by atoms with Crippen LogP contribution in [0, 0.1) is 23.8 Å². The molecular weight excluding hydrogens is 388 g/mol. The lowest BCUT2D eigenvalue weighted by atomic mass is 10.1. The van der Waals surface area contributed by atoms with Crippen LogP contribution in [-0.4, -0.2) is 21.6 Å². The van der Waals surface area contributed by atoms with Gasteiger partial charge in [-0.1, -0.05) is 18.2 Å². The van der Waals surface area contributed by atoms with Gasteiger partial charge in [0.05, 0.1) is 5.69 Å². The molecule has 1 aliphatic rings. The molecule has 0 radical (unpaired) electrons. The van der Waals surface area contributed by atoms with Gasteiger partial charge in [0, 0.05) is 11.6 Å². The molecule has 3 aromatic rings. The van der Waals surface area contributed by atoms with E-state index in [0.29, 0.717) is 18.2 Å². The number of hydrogen-bond donors (Lipinski definition) is 1. The van der Waals surface area contributed by atoms with E-state index in [1.165, 1.54) is 24.3 Å². The van der Waals surface area contributed by atoms with Gasteiger partial charge in [0.2, 0.25) is 0 Å². The number of fused-ring (bicyclic) bond motifs is 1. The minimum absolute atomic E-state index is 0.0269. The molecule has 3 aromatic carbocycles. The predicted molar refractivity (Wildman–Crippen MR) is 97.7 cm³/mol. The first-order valence-corrected chi connectivity index (χ1v) is 9.73. The molecule has 0 aliphatic carbocycles. The van der Waals surface area contributed by atoms with E-state index < -0.39 is 27.3 Å². The summed E-state index contributed by atoms with van der Waals surface area (Å²) in [5, 5.41) is 0. The molecule has 0 spiro atoms. The van der Waals surface area contributed by atoms with E-state index in [4.69, 9.17) is 9.47 Å².